The summed E-state index contributed by atoms with van der Waals surface area (Å²) in [6, 6.07) is -0.410. The lowest BCUT2D eigenvalue weighted by molar-refractivity contribution is 0.248. The van der Waals surface area contributed by atoms with Crippen molar-refractivity contribution in [2.45, 2.75) is 57.8 Å². The van der Waals surface area contributed by atoms with Gasteiger partial charge in [-0.2, -0.15) is 4.90 Å². The molecular weight excluding hydrogens is 226 g/mol. The van der Waals surface area contributed by atoms with Crippen LogP contribution in [0.1, 0.15) is 57.8 Å². The number of amides is 2. The first-order chi connectivity index (χ1) is 8.63. The molecule has 4 nitrogen and oxygen atoms in total. The zero-order valence-corrected chi connectivity index (χ0v) is 12.2. The Labute approximate surface area is 112 Å². The van der Waals surface area contributed by atoms with Crippen LogP contribution >= 0.6 is 0 Å². The summed E-state index contributed by atoms with van der Waals surface area (Å²) in [4.78, 5) is 12.7. The first-order valence-electron chi connectivity index (χ1n) is 7.31. The van der Waals surface area contributed by atoms with Crippen LogP contribution in [0.15, 0.2) is 0 Å². The van der Waals surface area contributed by atoms with E-state index in [1.54, 1.807) is 0 Å². The second kappa shape index (κ2) is 12.7. The average molecular weight is 257 g/mol. The lowest BCUT2D eigenvalue weighted by Crippen LogP contribution is -2.29. The molecular formula is C14H31N3O+. The largest absolute Gasteiger partial charge is 0.352 e. The van der Waals surface area contributed by atoms with Crippen molar-refractivity contribution >= 4 is 6.03 Å². The van der Waals surface area contributed by atoms with E-state index < -0.39 is 6.03 Å². The van der Waals surface area contributed by atoms with Crippen LogP contribution in [0.3, 0.4) is 0 Å². The first kappa shape index (κ1) is 17.2. The van der Waals surface area contributed by atoms with Crippen LogP contribution in [0.4, 0.5) is 4.79 Å². The van der Waals surface area contributed by atoms with Gasteiger partial charge >= 0.3 is 6.03 Å². The molecule has 107 valence electrons. The summed E-state index contributed by atoms with van der Waals surface area (Å²) in [6.07, 6.45) is 11.6. The van der Waals surface area contributed by atoms with Gasteiger partial charge in [0.2, 0.25) is 0 Å². The standard InChI is InChI=1S/C14H31N3O/c1-17(2)13-11-9-7-5-3-4-6-8-10-12-16-14(15)18/h3-13H2,1-2H3,(H3,15,16,18)/q+1. The number of nitrogens with two attached hydrogens (primary N) is 1. The van der Waals surface area contributed by atoms with Crippen LogP contribution in [-0.4, -0.2) is 33.2 Å². The van der Waals surface area contributed by atoms with Gasteiger partial charge in [0.15, 0.2) is 0 Å². The maximum atomic E-state index is 10.4. The smallest absolute Gasteiger partial charge is 0.312 e. The van der Waals surface area contributed by atoms with Gasteiger partial charge < -0.3 is 11.1 Å². The zero-order valence-electron chi connectivity index (χ0n) is 12.2. The van der Waals surface area contributed by atoms with Crippen LogP contribution in [0, 0.1) is 0 Å². The van der Waals surface area contributed by atoms with Gasteiger partial charge in [0.25, 0.3) is 0 Å². The predicted octanol–water partition coefficient (Wildman–Crippen LogP) is 2.57. The topological polar surface area (TPSA) is 61.0 Å². The van der Waals surface area contributed by atoms with E-state index in [-0.39, 0.29) is 0 Å². The van der Waals surface area contributed by atoms with E-state index in [4.69, 9.17) is 5.73 Å². The third-order valence-electron chi connectivity index (χ3n) is 3.08. The fourth-order valence-electron chi connectivity index (χ4n) is 2.00. The molecule has 0 aliphatic rings. The third-order valence-corrected chi connectivity index (χ3v) is 3.08. The van der Waals surface area contributed by atoms with Crippen LogP contribution in [-0.2, 0) is 0 Å². The number of hydrogen-bond acceptors (Lipinski definition) is 2. The van der Waals surface area contributed by atoms with Crippen LogP contribution < -0.4 is 16.0 Å². The Balaban J connectivity index is 2.97. The monoisotopic (exact) mass is 257 g/mol. The van der Waals surface area contributed by atoms with E-state index >= 15 is 0 Å². The molecule has 3 N–H and O–H groups in total. The first-order valence-corrected chi connectivity index (χ1v) is 7.31. The fourth-order valence-corrected chi connectivity index (χ4v) is 2.00. The molecule has 0 spiro atoms. The van der Waals surface area contributed by atoms with Crippen molar-refractivity contribution in [2.24, 2.45) is 5.73 Å². The summed E-state index contributed by atoms with van der Waals surface area (Å²) in [5.74, 6) is 0. The number of carbonyl (C=O) groups excluding carboxylic acids is 1. The molecule has 0 heterocycles. The summed E-state index contributed by atoms with van der Waals surface area (Å²) < 4.78 is 0. The number of urea groups is 1. The molecule has 0 saturated carbocycles. The Morgan fingerprint density at radius 3 is 1.78 bits per heavy atom. The van der Waals surface area contributed by atoms with Gasteiger partial charge in [-0.1, -0.05) is 38.5 Å². The van der Waals surface area contributed by atoms with E-state index in [1.807, 2.05) is 0 Å². The number of primary amides is 1. The number of carbonyl (C=O) groups is 1. The third kappa shape index (κ3) is 15.2. The lowest BCUT2D eigenvalue weighted by atomic mass is 10.1. The molecule has 0 fully saturated rings. The van der Waals surface area contributed by atoms with E-state index in [9.17, 15) is 4.79 Å². The normalized spacial score (nSPS) is 10.8. The van der Waals surface area contributed by atoms with E-state index in [0.29, 0.717) is 0 Å². The van der Waals surface area contributed by atoms with Gasteiger partial charge in [-0.15, -0.1) is 0 Å². The Morgan fingerprint density at radius 2 is 1.33 bits per heavy atom. The van der Waals surface area contributed by atoms with Crippen molar-refractivity contribution in [3.8, 4) is 0 Å². The maximum Gasteiger partial charge on any atom is 0.312 e. The maximum absolute atomic E-state index is 10.4. The zero-order chi connectivity index (χ0) is 13.6. The van der Waals surface area contributed by atoms with Crippen molar-refractivity contribution in [3.63, 3.8) is 0 Å². The minimum Gasteiger partial charge on any atom is -0.352 e. The van der Waals surface area contributed by atoms with Crippen molar-refractivity contribution in [2.75, 3.05) is 27.2 Å². The molecule has 0 aromatic carbocycles. The molecule has 0 saturated heterocycles. The Bertz CT molecular complexity index is 195. The second-order valence-corrected chi connectivity index (χ2v) is 5.28. The highest BCUT2D eigenvalue weighted by molar-refractivity contribution is 5.71. The van der Waals surface area contributed by atoms with Gasteiger partial charge in [0.05, 0.1) is 0 Å². The number of unbranched alkanes of at least 4 members (excludes halogenated alkanes) is 8. The molecule has 0 atom stereocenters. The van der Waals surface area contributed by atoms with Crippen molar-refractivity contribution in [1.82, 2.24) is 10.2 Å². The molecule has 0 aliphatic carbocycles. The minimum atomic E-state index is -0.410. The van der Waals surface area contributed by atoms with Crippen molar-refractivity contribution in [1.29, 1.82) is 0 Å². The van der Waals surface area contributed by atoms with Gasteiger partial charge in [-0.3, -0.25) is 0 Å². The summed E-state index contributed by atoms with van der Waals surface area (Å²) in [7, 11) is 4.26. The lowest BCUT2D eigenvalue weighted by Gasteiger charge is -2.03. The summed E-state index contributed by atoms with van der Waals surface area (Å²) >= 11 is 0. The second-order valence-electron chi connectivity index (χ2n) is 5.28. The van der Waals surface area contributed by atoms with E-state index in [2.05, 4.69) is 24.3 Å². The number of nitrogens with one attached hydrogen (secondary N) is 1. The molecule has 4 heteroatoms. The number of hydrogen-bond donors (Lipinski definition) is 2. The quantitative estimate of drug-likeness (QED) is 0.410. The molecule has 18 heavy (non-hydrogen) atoms. The molecule has 0 rings (SSSR count). The summed E-state index contributed by atoms with van der Waals surface area (Å²) in [5, 5.41) is 2.61. The minimum absolute atomic E-state index is 0.410. The van der Waals surface area contributed by atoms with Crippen molar-refractivity contribution < 1.29 is 4.79 Å². The molecule has 2 amide bonds. The SMILES string of the molecule is C[N+](C)CCCCCCCCCCCNC(N)=O. The molecule has 0 aromatic rings. The molecule has 0 bridgehead atoms. The fraction of sp³-hybridized carbons (Fsp3) is 0.929. The van der Waals surface area contributed by atoms with Crippen LogP contribution in [0.25, 0.3) is 0 Å². The molecule has 0 aliphatic heterocycles. The van der Waals surface area contributed by atoms with Crippen molar-refractivity contribution in [3.05, 3.63) is 0 Å². The summed E-state index contributed by atoms with van der Waals surface area (Å²) in [6.45, 7) is 1.94. The highest BCUT2D eigenvalue weighted by Gasteiger charge is 1.98. The molecule has 0 aromatic heterocycles. The van der Waals surface area contributed by atoms with Gasteiger partial charge in [0, 0.05) is 13.0 Å². The average Bonchev–Trinajstić information content (AvgIpc) is 2.29. The highest BCUT2D eigenvalue weighted by Crippen LogP contribution is 2.09. The Hall–Kier alpha value is -0.770. The summed E-state index contributed by atoms with van der Waals surface area (Å²) in [5.41, 5.74) is 4.98. The Morgan fingerprint density at radius 1 is 0.889 bits per heavy atom. The molecule has 0 unspecified atom stereocenters. The van der Waals surface area contributed by atoms with Gasteiger partial charge in [0.1, 0.15) is 20.6 Å². The number of rotatable bonds is 12. The predicted molar refractivity (Wildman–Crippen MR) is 78.0 cm³/mol. The molecule has 1 radical (unpaired) electrons. The highest BCUT2D eigenvalue weighted by atomic mass is 16.2. The number of nitrogens with zero attached hydrogens (tertiary/aromatic N) is 1. The van der Waals surface area contributed by atoms with E-state index in [0.717, 1.165) is 13.0 Å². The van der Waals surface area contributed by atoms with Crippen LogP contribution in [0.2, 0.25) is 0 Å². The van der Waals surface area contributed by atoms with Crippen LogP contribution in [0.5, 0.6) is 0 Å². The van der Waals surface area contributed by atoms with E-state index in [1.165, 1.54) is 57.9 Å². The van der Waals surface area contributed by atoms with Gasteiger partial charge in [-0.05, 0) is 12.8 Å². The van der Waals surface area contributed by atoms with Gasteiger partial charge in [-0.25, -0.2) is 4.79 Å². The Kier molecular flexibility index (Phi) is 12.1.